The summed E-state index contributed by atoms with van der Waals surface area (Å²) >= 11 is 0. The molecule has 0 aliphatic carbocycles. The molecule has 138 valence electrons. The van der Waals surface area contributed by atoms with Crippen molar-refractivity contribution in [2.45, 2.75) is 18.2 Å². The van der Waals surface area contributed by atoms with Crippen molar-refractivity contribution in [1.29, 1.82) is 0 Å². The smallest absolute Gasteiger partial charge is 0.241 e. The number of hydrogen-bond acceptors (Lipinski definition) is 4. The number of sulfonamides is 1. The second kappa shape index (κ2) is 8.67. The van der Waals surface area contributed by atoms with Crippen molar-refractivity contribution in [2.24, 2.45) is 0 Å². The van der Waals surface area contributed by atoms with E-state index in [9.17, 15) is 8.42 Å². The van der Waals surface area contributed by atoms with Gasteiger partial charge in [0.1, 0.15) is 17.9 Å². The van der Waals surface area contributed by atoms with Gasteiger partial charge in [-0.2, -0.15) is 4.72 Å². The zero-order valence-corrected chi connectivity index (χ0v) is 15.8. The molecule has 0 amide bonds. The molecular formula is C21H20N2O3S. The summed E-state index contributed by atoms with van der Waals surface area (Å²) in [6, 6.07) is 16.3. The number of aryl methyl sites for hydroxylation is 1. The van der Waals surface area contributed by atoms with Crippen LogP contribution in [0.2, 0.25) is 0 Å². The summed E-state index contributed by atoms with van der Waals surface area (Å²) in [5.41, 5.74) is 1.87. The van der Waals surface area contributed by atoms with Gasteiger partial charge in [0.25, 0.3) is 0 Å². The van der Waals surface area contributed by atoms with Crippen molar-refractivity contribution in [1.82, 2.24) is 9.71 Å². The molecule has 1 aromatic heterocycles. The van der Waals surface area contributed by atoms with E-state index in [2.05, 4.69) is 21.5 Å². The predicted octanol–water partition coefficient (Wildman–Crippen LogP) is 3.16. The molecule has 1 heterocycles. The SMILES string of the molecule is CCc1ccc(S(=O)(=O)NCC#CCOc2cccc3cccnc23)cc1. The lowest BCUT2D eigenvalue weighted by molar-refractivity contribution is 0.374. The third-order valence-corrected chi connectivity index (χ3v) is 5.43. The number of aromatic nitrogens is 1. The molecule has 1 N–H and O–H groups in total. The van der Waals surface area contributed by atoms with Crippen molar-refractivity contribution in [3.8, 4) is 17.6 Å². The average molecular weight is 380 g/mol. The number of benzene rings is 2. The summed E-state index contributed by atoms with van der Waals surface area (Å²) in [4.78, 5) is 4.55. The molecule has 0 saturated carbocycles. The van der Waals surface area contributed by atoms with Gasteiger partial charge in [-0.05, 0) is 36.2 Å². The van der Waals surface area contributed by atoms with Crippen LogP contribution in [-0.2, 0) is 16.4 Å². The first-order valence-corrected chi connectivity index (χ1v) is 10.1. The molecule has 3 aromatic rings. The number of para-hydroxylation sites is 1. The lowest BCUT2D eigenvalue weighted by Gasteiger charge is -2.05. The minimum absolute atomic E-state index is 0.0228. The van der Waals surface area contributed by atoms with Gasteiger partial charge in [-0.1, -0.05) is 49.1 Å². The molecule has 0 aliphatic rings. The largest absolute Gasteiger partial charge is 0.479 e. The highest BCUT2D eigenvalue weighted by molar-refractivity contribution is 7.89. The molecule has 5 nitrogen and oxygen atoms in total. The molecule has 0 atom stereocenters. The molecule has 3 rings (SSSR count). The van der Waals surface area contributed by atoms with Gasteiger partial charge in [0, 0.05) is 11.6 Å². The zero-order valence-electron chi connectivity index (χ0n) is 15.0. The van der Waals surface area contributed by atoms with Gasteiger partial charge in [0.15, 0.2) is 0 Å². The topological polar surface area (TPSA) is 68.3 Å². The highest BCUT2D eigenvalue weighted by atomic mass is 32.2. The van der Waals surface area contributed by atoms with Gasteiger partial charge >= 0.3 is 0 Å². The van der Waals surface area contributed by atoms with Gasteiger partial charge in [-0.25, -0.2) is 8.42 Å². The fourth-order valence-electron chi connectivity index (χ4n) is 2.54. The first kappa shape index (κ1) is 18.9. The lowest BCUT2D eigenvalue weighted by Crippen LogP contribution is -2.24. The fraction of sp³-hybridized carbons (Fsp3) is 0.190. The Kier molecular flexibility index (Phi) is 6.07. The van der Waals surface area contributed by atoms with E-state index in [-0.39, 0.29) is 18.0 Å². The highest BCUT2D eigenvalue weighted by Crippen LogP contribution is 2.22. The van der Waals surface area contributed by atoms with Crippen LogP contribution in [0.15, 0.2) is 65.7 Å². The van der Waals surface area contributed by atoms with Gasteiger partial charge < -0.3 is 4.74 Å². The second-order valence-corrected chi connectivity index (χ2v) is 7.56. The molecular weight excluding hydrogens is 360 g/mol. The third kappa shape index (κ3) is 4.85. The molecule has 27 heavy (non-hydrogen) atoms. The average Bonchev–Trinajstić information content (AvgIpc) is 2.70. The van der Waals surface area contributed by atoms with E-state index in [1.54, 1.807) is 18.3 Å². The van der Waals surface area contributed by atoms with E-state index in [0.29, 0.717) is 5.75 Å². The van der Waals surface area contributed by atoms with Crippen LogP contribution in [0.4, 0.5) is 0 Å². The number of fused-ring (bicyclic) bond motifs is 1. The van der Waals surface area contributed by atoms with Crippen LogP contribution < -0.4 is 9.46 Å². The quantitative estimate of drug-likeness (QED) is 0.667. The van der Waals surface area contributed by atoms with Crippen molar-refractivity contribution >= 4 is 20.9 Å². The van der Waals surface area contributed by atoms with Crippen LogP contribution in [0.5, 0.6) is 5.75 Å². The first-order valence-electron chi connectivity index (χ1n) is 8.61. The Morgan fingerprint density at radius 1 is 1.04 bits per heavy atom. The summed E-state index contributed by atoms with van der Waals surface area (Å²) in [7, 11) is -3.56. The minimum Gasteiger partial charge on any atom is -0.479 e. The van der Waals surface area contributed by atoms with Gasteiger partial charge in [-0.3, -0.25) is 4.98 Å². The summed E-state index contributed by atoms with van der Waals surface area (Å²) in [5, 5.41) is 0.991. The molecule has 0 bridgehead atoms. The molecule has 0 aliphatic heterocycles. The van der Waals surface area contributed by atoms with E-state index in [0.717, 1.165) is 22.9 Å². The van der Waals surface area contributed by atoms with Gasteiger partial charge in [0.2, 0.25) is 10.0 Å². The fourth-order valence-corrected chi connectivity index (χ4v) is 3.46. The Morgan fingerprint density at radius 2 is 1.81 bits per heavy atom. The number of rotatable bonds is 6. The Hall–Kier alpha value is -2.88. The van der Waals surface area contributed by atoms with Gasteiger partial charge in [0.05, 0.1) is 11.4 Å². The Bertz CT molecular complexity index is 1080. The minimum atomic E-state index is -3.56. The maximum Gasteiger partial charge on any atom is 0.241 e. The molecule has 6 heteroatoms. The normalized spacial score (nSPS) is 11.0. The molecule has 2 aromatic carbocycles. The van der Waals surface area contributed by atoms with E-state index >= 15 is 0 Å². The van der Waals surface area contributed by atoms with E-state index in [1.165, 1.54) is 0 Å². The van der Waals surface area contributed by atoms with Crippen LogP contribution in [0.25, 0.3) is 10.9 Å². The number of ether oxygens (including phenoxy) is 1. The lowest BCUT2D eigenvalue weighted by atomic mass is 10.2. The van der Waals surface area contributed by atoms with E-state index in [4.69, 9.17) is 4.74 Å². The van der Waals surface area contributed by atoms with Crippen molar-refractivity contribution in [3.05, 3.63) is 66.4 Å². The molecule has 0 saturated heterocycles. The van der Waals surface area contributed by atoms with Crippen molar-refractivity contribution in [2.75, 3.05) is 13.2 Å². The second-order valence-electron chi connectivity index (χ2n) is 5.80. The van der Waals surface area contributed by atoms with Crippen LogP contribution in [-0.4, -0.2) is 26.6 Å². The number of nitrogens with one attached hydrogen (secondary N) is 1. The van der Waals surface area contributed by atoms with Gasteiger partial charge in [-0.15, -0.1) is 0 Å². The summed E-state index contributed by atoms with van der Waals surface area (Å²) in [6.07, 6.45) is 2.58. The summed E-state index contributed by atoms with van der Waals surface area (Å²) in [6.45, 7) is 2.20. The van der Waals surface area contributed by atoms with Crippen LogP contribution >= 0.6 is 0 Å². The monoisotopic (exact) mass is 380 g/mol. The summed E-state index contributed by atoms with van der Waals surface area (Å²) in [5.74, 6) is 6.23. The molecule has 0 unspecified atom stereocenters. The predicted molar refractivity (Wildman–Crippen MR) is 106 cm³/mol. The van der Waals surface area contributed by atoms with Crippen LogP contribution in [0, 0.1) is 11.8 Å². The maximum absolute atomic E-state index is 12.2. The molecule has 0 spiro atoms. The Labute approximate surface area is 159 Å². The number of hydrogen-bond donors (Lipinski definition) is 1. The molecule has 0 radical (unpaired) electrons. The first-order chi connectivity index (χ1) is 13.1. The maximum atomic E-state index is 12.2. The molecule has 0 fully saturated rings. The van der Waals surface area contributed by atoms with E-state index < -0.39 is 10.0 Å². The Balaban J connectivity index is 1.54. The van der Waals surface area contributed by atoms with Crippen LogP contribution in [0.3, 0.4) is 0 Å². The Morgan fingerprint density at radius 3 is 2.59 bits per heavy atom. The van der Waals surface area contributed by atoms with Crippen LogP contribution in [0.1, 0.15) is 12.5 Å². The highest BCUT2D eigenvalue weighted by Gasteiger charge is 2.12. The third-order valence-electron chi connectivity index (χ3n) is 4.01. The van der Waals surface area contributed by atoms with Crippen molar-refractivity contribution in [3.63, 3.8) is 0 Å². The van der Waals surface area contributed by atoms with E-state index in [1.807, 2.05) is 49.4 Å². The number of nitrogens with zero attached hydrogens (tertiary/aromatic N) is 1. The van der Waals surface area contributed by atoms with Crippen molar-refractivity contribution < 1.29 is 13.2 Å². The standard InChI is InChI=1S/C21H20N2O3S/c1-2-17-10-12-19(13-11-17)27(24,25)23-15-3-4-16-26-20-9-5-7-18-8-6-14-22-21(18)20/h5-14,23H,2,15-16H2,1H3. The summed E-state index contributed by atoms with van der Waals surface area (Å²) < 4.78 is 32.5. The number of pyridine rings is 1. The zero-order chi connectivity index (χ0) is 19.1.